The minimum atomic E-state index is -0.271. The van der Waals surface area contributed by atoms with Gasteiger partial charge in [-0.1, -0.05) is 26.0 Å². The average molecular weight is 295 g/mol. The van der Waals surface area contributed by atoms with Gasteiger partial charge in [0.25, 0.3) is 0 Å². The molecule has 1 aromatic heterocycles. The molecule has 17 heavy (non-hydrogen) atoms. The van der Waals surface area contributed by atoms with Crippen LogP contribution in [-0.4, -0.2) is 9.97 Å². The lowest BCUT2D eigenvalue weighted by molar-refractivity contribution is 0.630. The smallest absolute Gasteiger partial charge is 0.132 e. The van der Waals surface area contributed by atoms with Crippen molar-refractivity contribution in [2.75, 3.05) is 0 Å². The Hall–Kier alpha value is -1.29. The Morgan fingerprint density at radius 3 is 2.53 bits per heavy atom. The van der Waals surface area contributed by atoms with Crippen LogP contribution < -0.4 is 0 Å². The van der Waals surface area contributed by atoms with Gasteiger partial charge in [0.15, 0.2) is 0 Å². The number of hydrogen-bond donors (Lipinski definition) is 0. The summed E-state index contributed by atoms with van der Waals surface area (Å²) in [5, 5.41) is 0. The van der Waals surface area contributed by atoms with Crippen LogP contribution >= 0.6 is 15.9 Å². The van der Waals surface area contributed by atoms with E-state index in [4.69, 9.17) is 0 Å². The summed E-state index contributed by atoms with van der Waals surface area (Å²) in [5.41, 5.74) is 1.10. The fourth-order valence-electron chi connectivity index (χ4n) is 1.50. The maximum atomic E-state index is 13.7. The van der Waals surface area contributed by atoms with Crippen LogP contribution in [0.5, 0.6) is 0 Å². The number of benzene rings is 1. The molecule has 0 bridgehead atoms. The molecule has 0 unspecified atom stereocenters. The van der Waals surface area contributed by atoms with Gasteiger partial charge in [-0.05, 0) is 34.1 Å². The number of nitrogens with zero attached hydrogens (tertiary/aromatic N) is 2. The third-order valence-corrected chi connectivity index (χ3v) is 2.78. The second-order valence-corrected chi connectivity index (χ2v) is 4.88. The summed E-state index contributed by atoms with van der Waals surface area (Å²) in [4.78, 5) is 8.65. The quantitative estimate of drug-likeness (QED) is 0.777. The Bertz CT molecular complexity index is 541. The third kappa shape index (κ3) is 2.69. The van der Waals surface area contributed by atoms with Gasteiger partial charge in [0.1, 0.15) is 16.2 Å². The molecule has 2 rings (SSSR count). The minimum absolute atomic E-state index is 0.207. The van der Waals surface area contributed by atoms with Gasteiger partial charge in [0, 0.05) is 11.5 Å². The number of halogens is 2. The van der Waals surface area contributed by atoms with Crippen molar-refractivity contribution in [1.29, 1.82) is 0 Å². The van der Waals surface area contributed by atoms with Crippen LogP contribution in [0, 0.1) is 5.82 Å². The molecule has 2 nitrogen and oxygen atoms in total. The van der Waals surface area contributed by atoms with Crippen molar-refractivity contribution in [2.24, 2.45) is 0 Å². The first-order chi connectivity index (χ1) is 8.08. The van der Waals surface area contributed by atoms with Crippen LogP contribution in [0.4, 0.5) is 4.39 Å². The Balaban J connectivity index is 2.56. The zero-order chi connectivity index (χ0) is 12.4. The Kier molecular flexibility index (Phi) is 3.52. The summed E-state index contributed by atoms with van der Waals surface area (Å²) in [7, 11) is 0. The molecule has 0 radical (unpaired) electrons. The predicted molar refractivity (Wildman–Crippen MR) is 69.2 cm³/mol. The first-order valence-corrected chi connectivity index (χ1v) is 6.16. The second-order valence-electron chi connectivity index (χ2n) is 4.07. The van der Waals surface area contributed by atoms with Crippen molar-refractivity contribution in [3.63, 3.8) is 0 Å². The van der Waals surface area contributed by atoms with Crippen LogP contribution in [0.25, 0.3) is 11.3 Å². The highest BCUT2D eigenvalue weighted by Gasteiger charge is 2.10. The van der Waals surface area contributed by atoms with Crippen molar-refractivity contribution < 1.29 is 4.39 Å². The molecule has 0 saturated heterocycles. The van der Waals surface area contributed by atoms with Gasteiger partial charge in [0.2, 0.25) is 0 Å². The minimum Gasteiger partial charge on any atom is -0.232 e. The molecule has 4 heteroatoms. The predicted octanol–water partition coefficient (Wildman–Crippen LogP) is 4.17. The van der Waals surface area contributed by atoms with Crippen molar-refractivity contribution in [3.05, 3.63) is 46.6 Å². The van der Waals surface area contributed by atoms with E-state index in [0.29, 0.717) is 21.7 Å². The monoisotopic (exact) mass is 294 g/mol. The number of aromatic nitrogens is 2. The highest BCUT2D eigenvalue weighted by atomic mass is 79.9. The molecule has 0 N–H and O–H groups in total. The van der Waals surface area contributed by atoms with E-state index < -0.39 is 0 Å². The van der Waals surface area contributed by atoms with Crippen molar-refractivity contribution in [3.8, 4) is 11.3 Å². The van der Waals surface area contributed by atoms with Gasteiger partial charge >= 0.3 is 0 Å². The Morgan fingerprint density at radius 2 is 1.88 bits per heavy atom. The topological polar surface area (TPSA) is 25.8 Å². The van der Waals surface area contributed by atoms with E-state index in [1.54, 1.807) is 24.3 Å². The maximum Gasteiger partial charge on any atom is 0.132 e. The zero-order valence-electron chi connectivity index (χ0n) is 9.61. The van der Waals surface area contributed by atoms with Crippen molar-refractivity contribution in [1.82, 2.24) is 9.97 Å². The van der Waals surface area contributed by atoms with E-state index >= 15 is 0 Å². The molecular weight excluding hydrogens is 283 g/mol. The summed E-state index contributed by atoms with van der Waals surface area (Å²) in [6.45, 7) is 4.01. The Morgan fingerprint density at radius 1 is 1.18 bits per heavy atom. The van der Waals surface area contributed by atoms with E-state index in [-0.39, 0.29) is 11.7 Å². The molecule has 0 aliphatic heterocycles. The van der Waals surface area contributed by atoms with E-state index in [2.05, 4.69) is 25.9 Å². The SMILES string of the molecule is CC(C)c1nc(Br)cc(-c2ccccc2F)n1. The first kappa shape index (κ1) is 12.2. The molecule has 0 fully saturated rings. The van der Waals surface area contributed by atoms with E-state index in [1.807, 2.05) is 13.8 Å². The largest absolute Gasteiger partial charge is 0.232 e. The summed E-state index contributed by atoms with van der Waals surface area (Å²) < 4.78 is 14.3. The highest BCUT2D eigenvalue weighted by molar-refractivity contribution is 9.10. The van der Waals surface area contributed by atoms with E-state index in [9.17, 15) is 4.39 Å². The number of hydrogen-bond acceptors (Lipinski definition) is 2. The van der Waals surface area contributed by atoms with Gasteiger partial charge in [-0.3, -0.25) is 0 Å². The lowest BCUT2D eigenvalue weighted by Gasteiger charge is -2.08. The molecule has 1 aromatic carbocycles. The fourth-order valence-corrected chi connectivity index (χ4v) is 1.90. The van der Waals surface area contributed by atoms with Gasteiger partial charge < -0.3 is 0 Å². The second kappa shape index (κ2) is 4.92. The molecule has 0 aliphatic carbocycles. The first-order valence-electron chi connectivity index (χ1n) is 5.37. The number of rotatable bonds is 2. The highest BCUT2D eigenvalue weighted by Crippen LogP contribution is 2.24. The average Bonchev–Trinajstić information content (AvgIpc) is 2.28. The summed E-state index contributed by atoms with van der Waals surface area (Å²) in [6, 6.07) is 8.33. The maximum absolute atomic E-state index is 13.7. The Labute approximate surface area is 108 Å². The van der Waals surface area contributed by atoms with Crippen molar-refractivity contribution >= 4 is 15.9 Å². The molecule has 1 heterocycles. The third-order valence-electron chi connectivity index (χ3n) is 2.38. The van der Waals surface area contributed by atoms with Gasteiger partial charge in [0.05, 0.1) is 5.69 Å². The van der Waals surface area contributed by atoms with Crippen LogP contribution in [0.3, 0.4) is 0 Å². The van der Waals surface area contributed by atoms with Gasteiger partial charge in [-0.2, -0.15) is 0 Å². The van der Waals surface area contributed by atoms with E-state index in [0.717, 1.165) is 0 Å². The van der Waals surface area contributed by atoms with E-state index in [1.165, 1.54) is 6.07 Å². The van der Waals surface area contributed by atoms with Gasteiger partial charge in [-0.15, -0.1) is 0 Å². The van der Waals surface area contributed by atoms with Crippen LogP contribution in [0.1, 0.15) is 25.6 Å². The molecule has 0 spiro atoms. The summed E-state index contributed by atoms with van der Waals surface area (Å²) in [5.74, 6) is 0.642. The molecule has 0 aliphatic rings. The van der Waals surface area contributed by atoms with Crippen LogP contribution in [0.15, 0.2) is 34.9 Å². The fraction of sp³-hybridized carbons (Fsp3) is 0.231. The lowest BCUT2D eigenvalue weighted by atomic mass is 10.1. The molecule has 0 saturated carbocycles. The van der Waals surface area contributed by atoms with Gasteiger partial charge in [-0.25, -0.2) is 14.4 Å². The van der Waals surface area contributed by atoms with Crippen LogP contribution in [-0.2, 0) is 0 Å². The zero-order valence-corrected chi connectivity index (χ0v) is 11.2. The molecule has 88 valence electrons. The summed E-state index contributed by atoms with van der Waals surface area (Å²) >= 11 is 3.33. The van der Waals surface area contributed by atoms with Crippen LogP contribution in [0.2, 0.25) is 0 Å². The van der Waals surface area contributed by atoms with Crippen molar-refractivity contribution in [2.45, 2.75) is 19.8 Å². The molecule has 0 amide bonds. The molecular formula is C13H12BrFN2. The lowest BCUT2D eigenvalue weighted by Crippen LogP contribution is -2.00. The molecule has 0 atom stereocenters. The normalized spacial score (nSPS) is 10.9. The molecule has 2 aromatic rings. The standard InChI is InChI=1S/C13H12BrFN2/c1-8(2)13-16-11(7-12(14)17-13)9-5-3-4-6-10(9)15/h3-8H,1-2H3. The summed E-state index contributed by atoms with van der Waals surface area (Å²) in [6.07, 6.45) is 0.